The third-order valence-corrected chi connectivity index (χ3v) is 22.0. The number of benzene rings is 6. The summed E-state index contributed by atoms with van der Waals surface area (Å²) in [7, 11) is 0. The number of fused-ring (bicyclic) bond motifs is 10. The van der Waals surface area contributed by atoms with Crippen molar-refractivity contribution in [3.63, 3.8) is 0 Å². The van der Waals surface area contributed by atoms with Gasteiger partial charge in [0.15, 0.2) is 28.7 Å². The quantitative estimate of drug-likeness (QED) is 0.162. The van der Waals surface area contributed by atoms with Crippen LogP contribution in [0.15, 0.2) is 293 Å². The molecule has 14 aromatic heterocycles. The molecule has 0 aliphatic heterocycles. The number of imidazole rings is 1. The molecule has 0 spiro atoms. The molecule has 20 heteroatoms. The maximum absolute atomic E-state index is 5.23. The Morgan fingerprint density at radius 2 is 0.901 bits per heavy atom. The summed E-state index contributed by atoms with van der Waals surface area (Å²) in [5.74, 6) is 0. The van der Waals surface area contributed by atoms with Gasteiger partial charge < -0.3 is 22.4 Å². The molecule has 0 saturated carbocycles. The van der Waals surface area contributed by atoms with E-state index in [4.69, 9.17) is 18.0 Å². The minimum atomic E-state index is 0.0482. The zero-order valence-corrected chi connectivity index (χ0v) is 83.0. The summed E-state index contributed by atoms with van der Waals surface area (Å²) in [5, 5.41) is 41.7. The lowest BCUT2D eigenvalue weighted by Crippen LogP contribution is -2.16. The number of hydrogen-bond acceptors (Lipinski definition) is 14. The number of pyridine rings is 4. The lowest BCUT2D eigenvalue weighted by atomic mass is 9.85. The van der Waals surface area contributed by atoms with Crippen LogP contribution in [0, 0.1) is 5.41 Å². The van der Waals surface area contributed by atoms with Crippen LogP contribution in [0.5, 0.6) is 0 Å². The molecule has 0 unspecified atom stereocenters. The number of hydrogen-bond donors (Lipinski definition) is 1. The molecule has 0 atom stereocenters. The SMILES string of the molecule is CC(C)(C)Cn1ncc2ccccc21.CC(C)(C)c1cc2ccccn2n1.CC(C)(C)c1ccc2cn[nH]c2c1.CC(C)(C)c1ccc2cnoc2c1.CC(C)(C)c1ccc2ocnc2c1.CC(C)(C)c1cccc2oncc12.CC(C)(C)c1ccn2nccc2c1.CC(C)(C)c1cnn2ccccc12.CC(C)(C)c1ncn2ccccc12.CC(C)(C)c1noc2ccccc12. The van der Waals surface area contributed by atoms with Crippen LogP contribution in [0.1, 0.15) is 258 Å². The Hall–Kier alpha value is -13.1. The molecule has 0 bridgehead atoms. The smallest absolute Gasteiger partial charge is 0.181 e. The van der Waals surface area contributed by atoms with E-state index in [1.165, 1.54) is 67.1 Å². The number of oxazole rings is 1. The molecule has 0 amide bonds. The average Bonchev–Trinajstić information content (AvgIpc) is 1.63. The fourth-order valence-corrected chi connectivity index (χ4v) is 14.4. The maximum atomic E-state index is 5.23. The van der Waals surface area contributed by atoms with Crippen LogP contribution in [0.2, 0.25) is 0 Å². The number of para-hydroxylation sites is 2. The monoisotopic (exact) mass is 1760 g/mol. The van der Waals surface area contributed by atoms with Gasteiger partial charge in [0.1, 0.15) is 5.52 Å². The van der Waals surface area contributed by atoms with Gasteiger partial charge in [-0.25, -0.2) is 23.5 Å². The molecule has 20 aromatic rings. The minimum absolute atomic E-state index is 0.0482. The molecule has 1 N–H and O–H groups in total. The average molecular weight is 1760 g/mol. The molecule has 686 valence electrons. The van der Waals surface area contributed by atoms with E-state index in [0.29, 0.717) is 0 Å². The molecule has 0 fully saturated rings. The van der Waals surface area contributed by atoms with Crippen LogP contribution in [-0.2, 0) is 55.3 Å². The Morgan fingerprint density at radius 1 is 0.336 bits per heavy atom. The number of nitrogens with one attached hydrogen (secondary N) is 1. The van der Waals surface area contributed by atoms with E-state index in [-0.39, 0.29) is 54.1 Å². The van der Waals surface area contributed by atoms with Crippen molar-refractivity contribution < 1.29 is 18.0 Å². The Labute approximate surface area is 773 Å². The number of H-pyrrole nitrogens is 1. The number of aromatic amines is 1. The highest BCUT2D eigenvalue weighted by Gasteiger charge is 2.26. The number of nitrogens with zero attached hydrogens (tertiary/aromatic N) is 15. The second-order valence-corrected chi connectivity index (χ2v) is 43.9. The molecule has 0 saturated heterocycles. The Balaban J connectivity index is 0.000000141. The summed E-state index contributed by atoms with van der Waals surface area (Å²) in [4.78, 5) is 8.56. The van der Waals surface area contributed by atoms with Crippen molar-refractivity contribution in [1.82, 2.24) is 78.7 Å². The van der Waals surface area contributed by atoms with Crippen molar-refractivity contribution in [2.24, 2.45) is 5.41 Å². The molecule has 6 aromatic carbocycles. The van der Waals surface area contributed by atoms with Crippen molar-refractivity contribution in [2.45, 2.75) is 263 Å². The highest BCUT2D eigenvalue weighted by Crippen LogP contribution is 2.35. The van der Waals surface area contributed by atoms with E-state index in [0.717, 1.165) is 84.2 Å². The molecular weight excluding hydrogens is 1620 g/mol. The molecule has 0 radical (unpaired) electrons. The second kappa shape index (κ2) is 40.1. The van der Waals surface area contributed by atoms with Crippen molar-refractivity contribution >= 4 is 87.9 Å². The summed E-state index contributed by atoms with van der Waals surface area (Å²) >= 11 is 0. The molecule has 14 heterocycles. The number of aromatic nitrogens is 16. The van der Waals surface area contributed by atoms with Crippen molar-refractivity contribution in [3.05, 3.63) is 325 Å². The van der Waals surface area contributed by atoms with E-state index in [1.54, 1.807) is 12.4 Å². The topological polar surface area (TPSA) is 220 Å². The van der Waals surface area contributed by atoms with E-state index in [1.807, 2.05) is 167 Å². The third kappa shape index (κ3) is 26.6. The van der Waals surface area contributed by atoms with Crippen LogP contribution in [-0.4, -0.2) is 78.7 Å². The predicted octanol–water partition coefficient (Wildman–Crippen LogP) is 29.0. The first-order valence-electron chi connectivity index (χ1n) is 45.2. The zero-order valence-electron chi connectivity index (χ0n) is 83.0. The van der Waals surface area contributed by atoms with E-state index < -0.39 is 0 Å². The normalized spacial score (nSPS) is 12.2. The van der Waals surface area contributed by atoms with Crippen molar-refractivity contribution in [2.75, 3.05) is 0 Å². The fraction of sp³-hybridized carbons (Fsp3) is 0.369. The van der Waals surface area contributed by atoms with Gasteiger partial charge in [-0.1, -0.05) is 308 Å². The van der Waals surface area contributed by atoms with E-state index >= 15 is 0 Å². The molecule has 20 rings (SSSR count). The van der Waals surface area contributed by atoms with Crippen LogP contribution in [0.25, 0.3) is 87.9 Å². The molecule has 0 aliphatic rings. The number of rotatable bonds is 1. The van der Waals surface area contributed by atoms with Crippen LogP contribution < -0.4 is 0 Å². The van der Waals surface area contributed by atoms with Gasteiger partial charge in [0, 0.05) is 86.3 Å². The molecule has 0 aliphatic carbocycles. The van der Waals surface area contributed by atoms with Gasteiger partial charge in [-0.2, -0.15) is 25.5 Å². The first kappa shape index (κ1) is 98.5. The van der Waals surface area contributed by atoms with Crippen LogP contribution in [0.4, 0.5) is 0 Å². The van der Waals surface area contributed by atoms with Crippen LogP contribution >= 0.6 is 0 Å². The zero-order chi connectivity index (χ0) is 95.5. The van der Waals surface area contributed by atoms with E-state index in [9.17, 15) is 0 Å². The van der Waals surface area contributed by atoms with Gasteiger partial charge in [-0.05, 0) is 181 Å². The Kier molecular flexibility index (Phi) is 30.1. The Bertz CT molecular complexity index is 6420. The largest absolute Gasteiger partial charge is 0.443 e. The lowest BCUT2D eigenvalue weighted by Gasteiger charge is -2.19. The predicted molar refractivity (Wildman–Crippen MR) is 540 cm³/mol. The minimum Gasteiger partial charge on any atom is -0.443 e. The highest BCUT2D eigenvalue weighted by molar-refractivity contribution is 5.83. The van der Waals surface area contributed by atoms with Gasteiger partial charge in [0.25, 0.3) is 0 Å². The summed E-state index contributed by atoms with van der Waals surface area (Å²) in [6.07, 6.45) is 22.4. The summed E-state index contributed by atoms with van der Waals surface area (Å²) in [6.45, 7) is 66.7. The third-order valence-electron chi connectivity index (χ3n) is 22.0. The van der Waals surface area contributed by atoms with Crippen molar-refractivity contribution in [3.8, 4) is 0 Å². The van der Waals surface area contributed by atoms with Gasteiger partial charge in [-0.3, -0.25) is 9.78 Å². The molecule has 131 heavy (non-hydrogen) atoms. The highest BCUT2D eigenvalue weighted by atomic mass is 16.5. The fourth-order valence-electron chi connectivity index (χ4n) is 14.4. The van der Waals surface area contributed by atoms with Crippen LogP contribution in [0.3, 0.4) is 0 Å². The second-order valence-electron chi connectivity index (χ2n) is 43.9. The summed E-state index contributed by atoms with van der Waals surface area (Å²) in [5.41, 5.74) is 24.3. The van der Waals surface area contributed by atoms with Crippen molar-refractivity contribution in [1.29, 1.82) is 0 Å². The first-order valence-corrected chi connectivity index (χ1v) is 45.2. The summed E-state index contributed by atoms with van der Waals surface area (Å²) in [6, 6.07) is 68.1. The van der Waals surface area contributed by atoms with Gasteiger partial charge in [-0.15, -0.1) is 0 Å². The summed E-state index contributed by atoms with van der Waals surface area (Å²) < 4.78 is 30.5. The standard InChI is InChI=1S/C12H16N2.5C11H14N2.4C11H13NO/c1-12(2,3)9-14-11-7-5-4-6-10(11)8-13-14;1-11(2,3)9-5-7-13-10(8-9)4-6-12-13;1-11(2,3)9-5-4-8-7-12-13-10(8)6-9;1-11(2,3)9-8-12-13-7-5-4-6-10(9)13;1-11(2,3)10-9-6-4-5-7-13(9)8-12-10;1-11(2,3)10-8-9-6-4-5-7-13(9)12-10;1-11(2,3)9-5-4-8-7-12-13-10(8)6-9;1-11(2,3)8-4-5-10-9(6-8)12-7-13-10;1-11(2,3)9-5-4-6-10-8(9)7-12-13-10;1-11(2,3)10-8-6-4-5-7-9(8)13-12-10/h4-8H,9H2,1-3H3;4-8H,1-3H3;4-7H,1-3H3,(H,12,13);3*4-8H,1-3H3;4*4-7H,1-3H3. The van der Waals surface area contributed by atoms with E-state index in [2.05, 4.69) is 376 Å². The lowest BCUT2D eigenvalue weighted by molar-refractivity contribution is 0.331. The maximum Gasteiger partial charge on any atom is 0.181 e. The van der Waals surface area contributed by atoms with Gasteiger partial charge in [0.05, 0.1) is 87.5 Å². The first-order chi connectivity index (χ1) is 61.3. The molecule has 20 nitrogen and oxygen atoms in total. The Morgan fingerprint density at radius 3 is 1.56 bits per heavy atom. The van der Waals surface area contributed by atoms with Gasteiger partial charge in [0.2, 0.25) is 0 Å². The molecular formula is C111H138N16O4. The van der Waals surface area contributed by atoms with Gasteiger partial charge >= 0.3 is 0 Å².